The lowest BCUT2D eigenvalue weighted by atomic mass is 9.96. The highest BCUT2D eigenvalue weighted by atomic mass is 19.1. The predicted octanol–water partition coefficient (Wildman–Crippen LogP) is 2.32. The first-order chi connectivity index (χ1) is 14.3. The fourth-order valence-electron chi connectivity index (χ4n) is 3.49. The van der Waals surface area contributed by atoms with Gasteiger partial charge in [-0.05, 0) is 36.4 Å². The fourth-order valence-corrected chi connectivity index (χ4v) is 3.49. The molecule has 4 rings (SSSR count). The molecule has 0 unspecified atom stereocenters. The molecule has 1 fully saturated rings. The minimum absolute atomic E-state index is 0.103. The molecular weight excluding hydrogens is 385 g/mol. The predicted molar refractivity (Wildman–Crippen MR) is 113 cm³/mol. The number of carbonyl (C=O) groups excluding carboxylic acids is 1. The highest BCUT2D eigenvalue weighted by Crippen LogP contribution is 2.22. The summed E-state index contributed by atoms with van der Waals surface area (Å²) in [4.78, 5) is 16.6. The fraction of sp³-hybridized carbons (Fsp3) is 0.429. The van der Waals surface area contributed by atoms with Crippen LogP contribution in [0.25, 0.3) is 5.65 Å². The largest absolute Gasteiger partial charge is 0.353 e. The Balaban J connectivity index is 1.36. The number of hydrogen-bond acceptors (Lipinski definition) is 6. The summed E-state index contributed by atoms with van der Waals surface area (Å²) in [5.41, 5.74) is 1.18. The molecule has 3 aromatic rings. The van der Waals surface area contributed by atoms with E-state index < -0.39 is 0 Å². The van der Waals surface area contributed by atoms with E-state index >= 15 is 0 Å². The molecule has 8 nitrogen and oxygen atoms in total. The Morgan fingerprint density at radius 1 is 1.03 bits per heavy atom. The van der Waals surface area contributed by atoms with Gasteiger partial charge < -0.3 is 10.2 Å². The van der Waals surface area contributed by atoms with Gasteiger partial charge in [-0.15, -0.1) is 15.3 Å². The van der Waals surface area contributed by atoms with Gasteiger partial charge in [-0.25, -0.2) is 4.39 Å². The van der Waals surface area contributed by atoms with E-state index in [2.05, 4.69) is 46.1 Å². The Labute approximate surface area is 174 Å². The molecule has 0 bridgehead atoms. The number of aromatic nitrogens is 4. The van der Waals surface area contributed by atoms with Gasteiger partial charge >= 0.3 is 0 Å². The van der Waals surface area contributed by atoms with Crippen LogP contribution < -0.4 is 10.2 Å². The molecule has 158 valence electrons. The molecule has 0 spiro atoms. The van der Waals surface area contributed by atoms with Crippen LogP contribution in [-0.4, -0.2) is 63.3 Å². The number of fused-ring (bicyclic) bond motifs is 1. The molecule has 1 amide bonds. The normalized spacial score (nSPS) is 15.5. The molecule has 2 aromatic heterocycles. The first kappa shape index (κ1) is 20.2. The van der Waals surface area contributed by atoms with Crippen molar-refractivity contribution in [3.63, 3.8) is 0 Å². The molecule has 0 atom stereocenters. The Hall–Kier alpha value is -3.07. The molecule has 1 saturated heterocycles. The summed E-state index contributed by atoms with van der Waals surface area (Å²) in [5, 5.41) is 16.1. The van der Waals surface area contributed by atoms with E-state index in [1.54, 1.807) is 12.1 Å². The van der Waals surface area contributed by atoms with Crippen LogP contribution in [-0.2, 0) is 10.2 Å². The van der Waals surface area contributed by atoms with Crippen molar-refractivity contribution in [2.45, 2.75) is 26.2 Å². The summed E-state index contributed by atoms with van der Waals surface area (Å²) in [7, 11) is 0. The van der Waals surface area contributed by atoms with Gasteiger partial charge in [0.2, 0.25) is 5.91 Å². The number of benzene rings is 1. The summed E-state index contributed by atoms with van der Waals surface area (Å²) >= 11 is 0. The van der Waals surface area contributed by atoms with E-state index in [4.69, 9.17) is 5.10 Å². The van der Waals surface area contributed by atoms with Gasteiger partial charge in [-0.1, -0.05) is 20.8 Å². The van der Waals surface area contributed by atoms with Crippen LogP contribution in [0.3, 0.4) is 0 Å². The molecule has 3 heterocycles. The monoisotopic (exact) mass is 411 g/mol. The highest BCUT2D eigenvalue weighted by Gasteiger charge is 2.24. The number of anilines is 2. The Morgan fingerprint density at radius 2 is 1.73 bits per heavy atom. The van der Waals surface area contributed by atoms with Crippen LogP contribution in [0.5, 0.6) is 0 Å². The standard InChI is InChI=1S/C21H26FN7O/c1-21(2,3)20-25-24-17-8-9-18(26-29(17)20)28-12-10-27(11-13-28)14-19(30)23-16-6-4-15(22)5-7-16/h4-9H,10-14H2,1-3H3,(H,23,30). The Kier molecular flexibility index (Phi) is 5.38. The van der Waals surface area contributed by atoms with Crippen LogP contribution >= 0.6 is 0 Å². The number of nitrogens with zero attached hydrogens (tertiary/aromatic N) is 6. The average Bonchev–Trinajstić information content (AvgIpc) is 3.14. The molecular formula is C21H26FN7O. The lowest BCUT2D eigenvalue weighted by Gasteiger charge is -2.34. The van der Waals surface area contributed by atoms with Crippen LogP contribution in [0.4, 0.5) is 15.9 Å². The molecule has 30 heavy (non-hydrogen) atoms. The molecule has 9 heteroatoms. The van der Waals surface area contributed by atoms with Crippen molar-refractivity contribution in [1.82, 2.24) is 24.7 Å². The van der Waals surface area contributed by atoms with E-state index in [0.717, 1.165) is 43.5 Å². The third kappa shape index (κ3) is 4.40. The van der Waals surface area contributed by atoms with Crippen molar-refractivity contribution < 1.29 is 9.18 Å². The molecule has 1 aliphatic rings. The lowest BCUT2D eigenvalue weighted by Crippen LogP contribution is -2.49. The summed E-state index contributed by atoms with van der Waals surface area (Å²) in [6, 6.07) is 9.69. The minimum Gasteiger partial charge on any atom is -0.353 e. The van der Waals surface area contributed by atoms with Gasteiger partial charge in [0.25, 0.3) is 0 Å². The van der Waals surface area contributed by atoms with E-state index in [1.807, 2.05) is 16.6 Å². The third-order valence-corrected chi connectivity index (χ3v) is 5.11. The second kappa shape index (κ2) is 7.98. The number of halogens is 1. The van der Waals surface area contributed by atoms with E-state index in [-0.39, 0.29) is 17.1 Å². The molecule has 0 aliphatic carbocycles. The van der Waals surface area contributed by atoms with Crippen LogP contribution in [0.15, 0.2) is 36.4 Å². The van der Waals surface area contributed by atoms with Gasteiger partial charge in [-0.3, -0.25) is 9.69 Å². The van der Waals surface area contributed by atoms with Gasteiger partial charge in [-0.2, -0.15) is 4.52 Å². The second-order valence-electron chi connectivity index (χ2n) is 8.55. The van der Waals surface area contributed by atoms with Gasteiger partial charge in [0.15, 0.2) is 11.5 Å². The zero-order valence-electron chi connectivity index (χ0n) is 17.5. The number of hydrogen-bond donors (Lipinski definition) is 1. The maximum atomic E-state index is 13.0. The quantitative estimate of drug-likeness (QED) is 0.710. The van der Waals surface area contributed by atoms with Crippen LogP contribution in [0, 0.1) is 5.82 Å². The number of carbonyl (C=O) groups is 1. The minimum atomic E-state index is -0.322. The number of amides is 1. The van der Waals surface area contributed by atoms with Crippen molar-refractivity contribution in [3.05, 3.63) is 48.0 Å². The topological polar surface area (TPSA) is 78.7 Å². The molecule has 1 aromatic carbocycles. The van der Waals surface area contributed by atoms with E-state index in [0.29, 0.717) is 12.2 Å². The first-order valence-corrected chi connectivity index (χ1v) is 10.1. The molecule has 1 aliphatic heterocycles. The van der Waals surface area contributed by atoms with Crippen molar-refractivity contribution in [3.8, 4) is 0 Å². The summed E-state index contributed by atoms with van der Waals surface area (Å²) in [5.74, 6) is 1.28. The Morgan fingerprint density at radius 3 is 2.40 bits per heavy atom. The van der Waals surface area contributed by atoms with Crippen molar-refractivity contribution in [2.75, 3.05) is 42.9 Å². The highest BCUT2D eigenvalue weighted by molar-refractivity contribution is 5.92. The summed E-state index contributed by atoms with van der Waals surface area (Å²) in [6.07, 6.45) is 0. The number of rotatable bonds is 4. The molecule has 0 radical (unpaired) electrons. The first-order valence-electron chi connectivity index (χ1n) is 10.1. The zero-order valence-corrected chi connectivity index (χ0v) is 17.5. The molecule has 1 N–H and O–H groups in total. The van der Waals surface area contributed by atoms with Crippen molar-refractivity contribution >= 4 is 23.1 Å². The van der Waals surface area contributed by atoms with Gasteiger partial charge in [0, 0.05) is 37.3 Å². The second-order valence-corrected chi connectivity index (χ2v) is 8.55. The van der Waals surface area contributed by atoms with Gasteiger partial charge in [0.05, 0.1) is 6.54 Å². The number of nitrogens with one attached hydrogen (secondary N) is 1. The molecule has 0 saturated carbocycles. The maximum Gasteiger partial charge on any atom is 0.238 e. The summed E-state index contributed by atoms with van der Waals surface area (Å²) in [6.45, 7) is 9.63. The van der Waals surface area contributed by atoms with Crippen LogP contribution in [0.2, 0.25) is 0 Å². The average molecular weight is 411 g/mol. The Bertz CT molecular complexity index is 1030. The smallest absolute Gasteiger partial charge is 0.238 e. The van der Waals surface area contributed by atoms with E-state index in [9.17, 15) is 9.18 Å². The summed E-state index contributed by atoms with van der Waals surface area (Å²) < 4.78 is 14.8. The maximum absolute atomic E-state index is 13.0. The van der Waals surface area contributed by atoms with Gasteiger partial charge in [0.1, 0.15) is 11.6 Å². The van der Waals surface area contributed by atoms with E-state index in [1.165, 1.54) is 12.1 Å². The zero-order chi connectivity index (χ0) is 21.3. The lowest BCUT2D eigenvalue weighted by molar-refractivity contribution is -0.117. The van der Waals surface area contributed by atoms with Crippen LogP contribution in [0.1, 0.15) is 26.6 Å². The SMILES string of the molecule is CC(C)(C)c1nnc2ccc(N3CCN(CC(=O)Nc4ccc(F)cc4)CC3)nn12. The van der Waals surface area contributed by atoms with Crippen molar-refractivity contribution in [1.29, 1.82) is 0 Å². The number of piperazine rings is 1. The van der Waals surface area contributed by atoms with Crippen molar-refractivity contribution in [2.24, 2.45) is 0 Å². The third-order valence-electron chi connectivity index (χ3n) is 5.11.